The molecule has 1 heterocycles. The predicted molar refractivity (Wildman–Crippen MR) is 86.1 cm³/mol. The van der Waals surface area contributed by atoms with Crippen molar-refractivity contribution in [1.29, 1.82) is 0 Å². The summed E-state index contributed by atoms with van der Waals surface area (Å²) in [6.07, 6.45) is 8.89. The molecule has 20 heavy (non-hydrogen) atoms. The van der Waals surface area contributed by atoms with Crippen LogP contribution in [0.15, 0.2) is 0 Å². The number of aromatic nitrogens is 1. The zero-order valence-electron chi connectivity index (χ0n) is 13.1. The Kier molecular flexibility index (Phi) is 3.93. The van der Waals surface area contributed by atoms with Gasteiger partial charge in [0.05, 0.1) is 10.7 Å². The summed E-state index contributed by atoms with van der Waals surface area (Å²) >= 11 is 1.92. The highest BCUT2D eigenvalue weighted by Crippen LogP contribution is 2.45. The van der Waals surface area contributed by atoms with Crippen molar-refractivity contribution in [2.24, 2.45) is 17.1 Å². The minimum atomic E-state index is 0.260. The minimum absolute atomic E-state index is 0.260. The van der Waals surface area contributed by atoms with Gasteiger partial charge in [-0.1, -0.05) is 20.8 Å². The Hall–Kier alpha value is -0.410. The van der Waals surface area contributed by atoms with E-state index in [1.54, 1.807) is 0 Å². The first kappa shape index (κ1) is 14.5. The van der Waals surface area contributed by atoms with Crippen LogP contribution < -0.4 is 5.73 Å². The standard InChI is InChI=1S/C17H28N2S/c1-17(2,3)12-9-7-11(8-10-12)16-19-14-6-4-5-13(18)15(14)20-16/h11-13H,4-10,18H2,1-3H3. The summed E-state index contributed by atoms with van der Waals surface area (Å²) in [5.74, 6) is 1.59. The van der Waals surface area contributed by atoms with Crippen LogP contribution in [0, 0.1) is 11.3 Å². The van der Waals surface area contributed by atoms with Crippen molar-refractivity contribution in [3.05, 3.63) is 15.6 Å². The highest BCUT2D eigenvalue weighted by atomic mass is 32.1. The Balaban J connectivity index is 1.70. The van der Waals surface area contributed by atoms with E-state index in [9.17, 15) is 0 Å². The molecule has 0 radical (unpaired) electrons. The molecule has 2 aliphatic carbocycles. The molecule has 1 atom stereocenters. The summed E-state index contributed by atoms with van der Waals surface area (Å²) in [6.45, 7) is 7.16. The van der Waals surface area contributed by atoms with Crippen molar-refractivity contribution in [3.8, 4) is 0 Å². The molecule has 0 aromatic carbocycles. The van der Waals surface area contributed by atoms with Crippen molar-refractivity contribution < 1.29 is 0 Å². The number of hydrogen-bond donors (Lipinski definition) is 1. The lowest BCUT2D eigenvalue weighted by Crippen LogP contribution is -2.25. The van der Waals surface area contributed by atoms with Gasteiger partial charge in [0, 0.05) is 16.8 Å². The Morgan fingerprint density at radius 1 is 1.10 bits per heavy atom. The zero-order chi connectivity index (χ0) is 14.3. The van der Waals surface area contributed by atoms with Gasteiger partial charge in [0.1, 0.15) is 0 Å². The summed E-state index contributed by atoms with van der Waals surface area (Å²) in [5, 5.41) is 1.39. The van der Waals surface area contributed by atoms with E-state index in [0.29, 0.717) is 11.3 Å². The number of rotatable bonds is 1. The molecular formula is C17H28N2S. The topological polar surface area (TPSA) is 38.9 Å². The normalized spacial score (nSPS) is 31.1. The van der Waals surface area contributed by atoms with Gasteiger partial charge in [-0.25, -0.2) is 4.98 Å². The van der Waals surface area contributed by atoms with Crippen molar-refractivity contribution >= 4 is 11.3 Å². The fourth-order valence-corrected chi connectivity index (χ4v) is 5.17. The number of thiazole rings is 1. The molecule has 112 valence electrons. The maximum Gasteiger partial charge on any atom is 0.0962 e. The predicted octanol–water partition coefficient (Wildman–Crippen LogP) is 4.80. The average molecular weight is 292 g/mol. The van der Waals surface area contributed by atoms with Crippen LogP contribution in [-0.4, -0.2) is 4.98 Å². The van der Waals surface area contributed by atoms with Crippen molar-refractivity contribution in [2.75, 3.05) is 0 Å². The Bertz CT molecular complexity index is 464. The molecule has 0 aliphatic heterocycles. The molecule has 1 aromatic heterocycles. The largest absolute Gasteiger partial charge is 0.323 e. The molecule has 0 amide bonds. The van der Waals surface area contributed by atoms with Gasteiger partial charge in [0.25, 0.3) is 0 Å². The summed E-state index contributed by atoms with van der Waals surface area (Å²) in [4.78, 5) is 6.34. The van der Waals surface area contributed by atoms with Gasteiger partial charge in [-0.15, -0.1) is 11.3 Å². The third kappa shape index (κ3) is 2.80. The number of nitrogens with two attached hydrogens (primary N) is 1. The van der Waals surface area contributed by atoms with Crippen molar-refractivity contribution in [3.63, 3.8) is 0 Å². The maximum absolute atomic E-state index is 6.24. The van der Waals surface area contributed by atoms with Crippen molar-refractivity contribution in [2.45, 2.75) is 77.7 Å². The second-order valence-corrected chi connectivity index (χ2v) is 8.84. The third-order valence-electron chi connectivity index (χ3n) is 5.31. The molecular weight excluding hydrogens is 264 g/mol. The van der Waals surface area contributed by atoms with E-state index in [4.69, 9.17) is 10.7 Å². The Morgan fingerprint density at radius 3 is 2.40 bits per heavy atom. The van der Waals surface area contributed by atoms with E-state index in [1.165, 1.54) is 47.7 Å². The van der Waals surface area contributed by atoms with E-state index in [1.807, 2.05) is 11.3 Å². The molecule has 2 N–H and O–H groups in total. The molecule has 1 unspecified atom stereocenters. The Morgan fingerprint density at radius 2 is 1.80 bits per heavy atom. The molecule has 2 nitrogen and oxygen atoms in total. The molecule has 1 saturated carbocycles. The third-order valence-corrected chi connectivity index (χ3v) is 6.70. The van der Waals surface area contributed by atoms with Gasteiger partial charge in [-0.05, 0) is 56.3 Å². The summed E-state index contributed by atoms with van der Waals surface area (Å²) in [5.41, 5.74) is 8.03. The first-order valence-corrected chi connectivity index (χ1v) is 9.02. The first-order valence-electron chi connectivity index (χ1n) is 8.20. The molecule has 1 aromatic rings. The van der Waals surface area contributed by atoms with Crippen LogP contribution in [0.3, 0.4) is 0 Å². The van der Waals surface area contributed by atoms with Crippen molar-refractivity contribution in [1.82, 2.24) is 4.98 Å². The average Bonchev–Trinajstić information content (AvgIpc) is 2.83. The molecule has 0 spiro atoms. The molecule has 1 fully saturated rings. The lowest BCUT2D eigenvalue weighted by atomic mass is 9.70. The van der Waals surface area contributed by atoms with Crippen LogP contribution >= 0.6 is 11.3 Å². The van der Waals surface area contributed by atoms with Crippen LogP contribution in [0.4, 0.5) is 0 Å². The number of hydrogen-bond acceptors (Lipinski definition) is 3. The highest BCUT2D eigenvalue weighted by Gasteiger charge is 2.32. The fraction of sp³-hybridized carbons (Fsp3) is 0.824. The van der Waals surface area contributed by atoms with Crippen LogP contribution in [0.5, 0.6) is 0 Å². The van der Waals surface area contributed by atoms with E-state index >= 15 is 0 Å². The highest BCUT2D eigenvalue weighted by molar-refractivity contribution is 7.12. The van der Waals surface area contributed by atoms with E-state index in [0.717, 1.165) is 18.8 Å². The number of nitrogens with zero attached hydrogens (tertiary/aromatic N) is 1. The van der Waals surface area contributed by atoms with Crippen LogP contribution in [0.25, 0.3) is 0 Å². The molecule has 3 heteroatoms. The second kappa shape index (κ2) is 5.42. The zero-order valence-corrected chi connectivity index (χ0v) is 13.9. The quantitative estimate of drug-likeness (QED) is 0.807. The van der Waals surface area contributed by atoms with Gasteiger partial charge >= 0.3 is 0 Å². The minimum Gasteiger partial charge on any atom is -0.323 e. The fourth-order valence-electron chi connectivity index (χ4n) is 3.85. The van der Waals surface area contributed by atoms with Gasteiger partial charge in [-0.2, -0.15) is 0 Å². The van der Waals surface area contributed by atoms with E-state index < -0.39 is 0 Å². The first-order chi connectivity index (χ1) is 9.45. The maximum atomic E-state index is 6.24. The Labute approximate surface area is 127 Å². The lowest BCUT2D eigenvalue weighted by molar-refractivity contribution is 0.169. The van der Waals surface area contributed by atoms with Crippen LogP contribution in [0.2, 0.25) is 0 Å². The van der Waals surface area contributed by atoms with Gasteiger partial charge in [-0.3, -0.25) is 0 Å². The second-order valence-electron chi connectivity index (χ2n) is 7.78. The van der Waals surface area contributed by atoms with Gasteiger partial charge < -0.3 is 5.73 Å². The van der Waals surface area contributed by atoms with Crippen LogP contribution in [0.1, 0.15) is 86.8 Å². The molecule has 0 bridgehead atoms. The van der Waals surface area contributed by atoms with E-state index in [-0.39, 0.29) is 6.04 Å². The van der Waals surface area contributed by atoms with Gasteiger partial charge in [0.15, 0.2) is 0 Å². The number of fused-ring (bicyclic) bond motifs is 1. The SMILES string of the molecule is CC(C)(C)C1CCC(c2nc3c(s2)C(N)CCC3)CC1. The number of aryl methyl sites for hydroxylation is 1. The lowest BCUT2D eigenvalue weighted by Gasteiger charge is -2.36. The van der Waals surface area contributed by atoms with Gasteiger partial charge in [0.2, 0.25) is 0 Å². The molecule has 0 saturated heterocycles. The smallest absolute Gasteiger partial charge is 0.0962 e. The summed E-state index contributed by atoms with van der Waals surface area (Å²) < 4.78 is 0. The molecule has 2 aliphatic rings. The summed E-state index contributed by atoms with van der Waals surface area (Å²) in [7, 11) is 0. The molecule has 3 rings (SSSR count). The summed E-state index contributed by atoms with van der Waals surface area (Å²) in [6, 6.07) is 0.260. The monoisotopic (exact) mass is 292 g/mol. The van der Waals surface area contributed by atoms with E-state index in [2.05, 4.69) is 20.8 Å². The van der Waals surface area contributed by atoms with Crippen LogP contribution in [-0.2, 0) is 6.42 Å².